The average Bonchev–Trinajstić information content (AvgIpc) is 2.41. The van der Waals surface area contributed by atoms with Crippen molar-refractivity contribution in [2.45, 2.75) is 0 Å². The molecule has 98 valence electrons. The molecule has 0 aliphatic carbocycles. The van der Waals surface area contributed by atoms with Crippen molar-refractivity contribution in [3.63, 3.8) is 0 Å². The lowest BCUT2D eigenvalue weighted by Gasteiger charge is -2.10. The van der Waals surface area contributed by atoms with Gasteiger partial charge in [0, 0.05) is 17.8 Å². The van der Waals surface area contributed by atoms with E-state index in [0.717, 1.165) is 0 Å². The van der Waals surface area contributed by atoms with Gasteiger partial charge < -0.3 is 10.6 Å². The van der Waals surface area contributed by atoms with Gasteiger partial charge in [0.15, 0.2) is 0 Å². The molecule has 0 bridgehead atoms. The van der Waals surface area contributed by atoms with Crippen molar-refractivity contribution in [3.05, 3.63) is 58.9 Å². The Kier molecular flexibility index (Phi) is 4.02. The van der Waals surface area contributed by atoms with Gasteiger partial charge in [-0.3, -0.25) is 4.79 Å². The summed E-state index contributed by atoms with van der Waals surface area (Å²) in [7, 11) is 1.70. The first kappa shape index (κ1) is 13.4. The molecule has 0 spiro atoms. The molecule has 0 saturated carbocycles. The largest absolute Gasteiger partial charge is 0.387 e. The minimum Gasteiger partial charge on any atom is -0.387 e. The highest BCUT2D eigenvalue weighted by atomic mass is 35.5. The van der Waals surface area contributed by atoms with Crippen LogP contribution in [0.4, 0.5) is 15.8 Å². The van der Waals surface area contributed by atoms with Crippen LogP contribution in [0.3, 0.4) is 0 Å². The number of amides is 1. The van der Waals surface area contributed by atoms with E-state index in [1.165, 1.54) is 18.2 Å². The number of halogens is 2. The molecule has 0 aliphatic heterocycles. The fraction of sp³-hybridized carbons (Fsp3) is 0.0714. The first-order chi connectivity index (χ1) is 9.11. The zero-order valence-electron chi connectivity index (χ0n) is 10.2. The van der Waals surface area contributed by atoms with Gasteiger partial charge in [0.1, 0.15) is 5.82 Å². The van der Waals surface area contributed by atoms with Crippen molar-refractivity contribution in [3.8, 4) is 0 Å². The van der Waals surface area contributed by atoms with E-state index in [4.69, 9.17) is 11.6 Å². The Bertz CT molecular complexity index is 616. The summed E-state index contributed by atoms with van der Waals surface area (Å²) in [5.74, 6) is -0.902. The van der Waals surface area contributed by atoms with Crippen molar-refractivity contribution in [2.24, 2.45) is 0 Å². The molecule has 2 aromatic carbocycles. The van der Waals surface area contributed by atoms with Gasteiger partial charge in [-0.05, 0) is 30.3 Å². The molecule has 0 fully saturated rings. The van der Waals surface area contributed by atoms with Gasteiger partial charge >= 0.3 is 0 Å². The van der Waals surface area contributed by atoms with E-state index < -0.39 is 11.7 Å². The molecule has 0 atom stereocenters. The number of benzene rings is 2. The van der Waals surface area contributed by atoms with Crippen LogP contribution in [0, 0.1) is 5.82 Å². The molecule has 19 heavy (non-hydrogen) atoms. The lowest BCUT2D eigenvalue weighted by Crippen LogP contribution is -2.14. The van der Waals surface area contributed by atoms with E-state index in [1.54, 1.807) is 31.3 Å². The number of carbonyl (C=O) groups excluding carboxylic acids is 1. The van der Waals surface area contributed by atoms with E-state index >= 15 is 0 Å². The monoisotopic (exact) mass is 278 g/mol. The second-order valence-electron chi connectivity index (χ2n) is 3.87. The Morgan fingerprint density at radius 2 is 1.89 bits per heavy atom. The van der Waals surface area contributed by atoms with Crippen molar-refractivity contribution in [1.29, 1.82) is 0 Å². The van der Waals surface area contributed by atoms with Crippen molar-refractivity contribution >= 4 is 28.9 Å². The average molecular weight is 279 g/mol. The van der Waals surface area contributed by atoms with E-state index in [0.29, 0.717) is 16.3 Å². The molecule has 1 amide bonds. The molecule has 2 N–H and O–H groups in total. The third-order valence-electron chi connectivity index (χ3n) is 2.62. The lowest BCUT2D eigenvalue weighted by molar-refractivity contribution is 0.102. The smallest absolute Gasteiger partial charge is 0.257 e. The third-order valence-corrected chi connectivity index (χ3v) is 2.85. The number of nitrogens with one attached hydrogen (secondary N) is 2. The minimum absolute atomic E-state index is 0.134. The molecule has 0 heterocycles. The topological polar surface area (TPSA) is 41.1 Å². The van der Waals surface area contributed by atoms with Crippen LogP contribution in [0.1, 0.15) is 10.4 Å². The molecule has 5 heteroatoms. The zero-order chi connectivity index (χ0) is 13.8. The van der Waals surface area contributed by atoms with Gasteiger partial charge in [0.25, 0.3) is 5.91 Å². The maximum atomic E-state index is 13.5. The Hall–Kier alpha value is -2.07. The number of para-hydroxylation sites is 1. The van der Waals surface area contributed by atoms with Crippen molar-refractivity contribution < 1.29 is 9.18 Å². The molecule has 2 aromatic rings. The number of carbonyl (C=O) groups is 1. The van der Waals surface area contributed by atoms with Crippen LogP contribution in [-0.4, -0.2) is 13.0 Å². The summed E-state index contributed by atoms with van der Waals surface area (Å²) in [4.78, 5) is 12.1. The highest BCUT2D eigenvalue weighted by molar-refractivity contribution is 6.31. The van der Waals surface area contributed by atoms with E-state index in [9.17, 15) is 9.18 Å². The van der Waals surface area contributed by atoms with E-state index in [2.05, 4.69) is 10.6 Å². The van der Waals surface area contributed by atoms with Crippen LogP contribution in [0.15, 0.2) is 42.5 Å². The maximum Gasteiger partial charge on any atom is 0.257 e. The SMILES string of the molecule is CNc1ccc(Cl)cc1C(=O)Nc1ccccc1F. The number of hydrogen-bond acceptors (Lipinski definition) is 2. The predicted molar refractivity (Wildman–Crippen MR) is 75.4 cm³/mol. The van der Waals surface area contributed by atoms with Gasteiger partial charge in [-0.25, -0.2) is 4.39 Å². The van der Waals surface area contributed by atoms with Gasteiger partial charge in [0.2, 0.25) is 0 Å². The Balaban J connectivity index is 2.30. The van der Waals surface area contributed by atoms with Crippen molar-refractivity contribution in [2.75, 3.05) is 17.7 Å². The Morgan fingerprint density at radius 1 is 1.16 bits per heavy atom. The second-order valence-corrected chi connectivity index (χ2v) is 4.31. The molecule has 0 unspecified atom stereocenters. The fourth-order valence-electron chi connectivity index (χ4n) is 1.67. The number of anilines is 2. The van der Waals surface area contributed by atoms with Gasteiger partial charge in [0.05, 0.1) is 11.3 Å². The van der Waals surface area contributed by atoms with Gasteiger partial charge in [-0.15, -0.1) is 0 Å². The molecule has 0 aliphatic rings. The van der Waals surface area contributed by atoms with E-state index in [-0.39, 0.29) is 5.69 Å². The first-order valence-corrected chi connectivity index (χ1v) is 6.03. The molecule has 0 radical (unpaired) electrons. The molecular weight excluding hydrogens is 267 g/mol. The number of rotatable bonds is 3. The summed E-state index contributed by atoms with van der Waals surface area (Å²) < 4.78 is 13.5. The number of hydrogen-bond donors (Lipinski definition) is 2. The van der Waals surface area contributed by atoms with Crippen LogP contribution < -0.4 is 10.6 Å². The molecular formula is C14H12ClFN2O. The quantitative estimate of drug-likeness (QED) is 0.897. The molecule has 3 nitrogen and oxygen atoms in total. The zero-order valence-corrected chi connectivity index (χ0v) is 11.0. The van der Waals surface area contributed by atoms with Crippen LogP contribution >= 0.6 is 11.6 Å². The summed E-state index contributed by atoms with van der Waals surface area (Å²) in [6, 6.07) is 10.9. The third kappa shape index (κ3) is 3.03. The Labute approximate surface area is 115 Å². The summed E-state index contributed by atoms with van der Waals surface area (Å²) in [6.45, 7) is 0. The molecule has 2 rings (SSSR count). The summed E-state index contributed by atoms with van der Waals surface area (Å²) in [6.07, 6.45) is 0. The highest BCUT2D eigenvalue weighted by Crippen LogP contribution is 2.22. The van der Waals surface area contributed by atoms with Crippen LogP contribution in [0.2, 0.25) is 5.02 Å². The summed E-state index contributed by atoms with van der Waals surface area (Å²) in [5, 5.41) is 5.85. The Morgan fingerprint density at radius 3 is 2.58 bits per heavy atom. The first-order valence-electron chi connectivity index (χ1n) is 5.65. The maximum absolute atomic E-state index is 13.5. The molecule has 0 aromatic heterocycles. The normalized spacial score (nSPS) is 10.1. The minimum atomic E-state index is -0.483. The highest BCUT2D eigenvalue weighted by Gasteiger charge is 2.13. The van der Waals surface area contributed by atoms with Crippen LogP contribution in [0.5, 0.6) is 0 Å². The fourth-order valence-corrected chi connectivity index (χ4v) is 1.85. The predicted octanol–water partition coefficient (Wildman–Crippen LogP) is 3.77. The van der Waals surface area contributed by atoms with Gasteiger partial charge in [-0.2, -0.15) is 0 Å². The summed E-state index contributed by atoms with van der Waals surface area (Å²) in [5.41, 5.74) is 1.12. The second kappa shape index (κ2) is 5.71. The van der Waals surface area contributed by atoms with Crippen molar-refractivity contribution in [1.82, 2.24) is 0 Å². The van der Waals surface area contributed by atoms with Crippen LogP contribution in [-0.2, 0) is 0 Å². The van der Waals surface area contributed by atoms with Gasteiger partial charge in [-0.1, -0.05) is 23.7 Å². The lowest BCUT2D eigenvalue weighted by atomic mass is 10.1. The molecule has 0 saturated heterocycles. The van der Waals surface area contributed by atoms with E-state index in [1.807, 2.05) is 0 Å². The standard InChI is InChI=1S/C14H12ClFN2O/c1-17-12-7-6-9(15)8-10(12)14(19)18-13-5-3-2-4-11(13)16/h2-8,17H,1H3,(H,18,19). The summed E-state index contributed by atoms with van der Waals surface area (Å²) >= 11 is 5.87. The van der Waals surface area contributed by atoms with Crippen LogP contribution in [0.25, 0.3) is 0 Å².